The fraction of sp³-hybridized carbons (Fsp3) is 0.114. The summed E-state index contributed by atoms with van der Waals surface area (Å²) in [7, 11) is 1.64. The molecule has 2 aliphatic rings. The first-order chi connectivity index (χ1) is 24.2. The molecule has 0 radical (unpaired) electrons. The van der Waals surface area contributed by atoms with Crippen molar-refractivity contribution < 1.29 is 17.9 Å². The van der Waals surface area contributed by atoms with Gasteiger partial charge in [0, 0.05) is 34.2 Å². The van der Waals surface area contributed by atoms with Gasteiger partial charge in [0.2, 0.25) is 0 Å². The van der Waals surface area contributed by atoms with Gasteiger partial charge in [-0.2, -0.15) is 0 Å². The van der Waals surface area contributed by atoms with Gasteiger partial charge in [0.25, 0.3) is 0 Å². The van der Waals surface area contributed by atoms with Gasteiger partial charge in [-0.15, -0.1) is 0 Å². The van der Waals surface area contributed by atoms with E-state index in [4.69, 9.17) is 4.74 Å². The maximum absolute atomic E-state index is 18.2. The Labute approximate surface area is 292 Å². The summed E-state index contributed by atoms with van der Waals surface area (Å²) in [5.41, 5.74) is 12.3. The molecule has 0 amide bonds. The van der Waals surface area contributed by atoms with Crippen molar-refractivity contribution in [3.63, 3.8) is 0 Å². The second kappa shape index (κ2) is 12.0. The van der Waals surface area contributed by atoms with Gasteiger partial charge >= 0.3 is 6.97 Å². The highest BCUT2D eigenvalue weighted by molar-refractivity contribution is 6.59. The maximum atomic E-state index is 18.2. The Morgan fingerprint density at radius 3 is 1.64 bits per heavy atom. The van der Waals surface area contributed by atoms with E-state index in [0.29, 0.717) is 34.1 Å². The molecular formula is C44H37BF2N2O. The Balaban J connectivity index is 1.58. The van der Waals surface area contributed by atoms with Crippen LogP contribution >= 0.6 is 0 Å². The van der Waals surface area contributed by atoms with Crippen molar-refractivity contribution in [2.24, 2.45) is 0 Å². The van der Waals surface area contributed by atoms with Crippen LogP contribution in [0, 0.1) is 27.7 Å². The van der Waals surface area contributed by atoms with Crippen molar-refractivity contribution in [3.05, 3.63) is 184 Å². The van der Waals surface area contributed by atoms with Crippen molar-refractivity contribution in [3.8, 4) is 28.1 Å². The van der Waals surface area contributed by atoms with Crippen LogP contribution in [0.5, 0.6) is 5.75 Å². The lowest BCUT2D eigenvalue weighted by Crippen LogP contribution is -2.51. The largest absolute Gasteiger partial charge is 0.737 e. The minimum absolute atomic E-state index is 0.457. The number of aromatic nitrogens is 1. The van der Waals surface area contributed by atoms with Crippen LogP contribution in [-0.2, 0) is 0 Å². The summed E-state index contributed by atoms with van der Waals surface area (Å²) >= 11 is 0. The van der Waals surface area contributed by atoms with Crippen molar-refractivity contribution in [1.29, 1.82) is 0 Å². The molecule has 246 valence electrons. The Morgan fingerprint density at radius 2 is 1.08 bits per heavy atom. The van der Waals surface area contributed by atoms with Crippen LogP contribution < -0.4 is 4.74 Å². The van der Waals surface area contributed by atoms with Gasteiger partial charge in [-0.05, 0) is 68.7 Å². The lowest BCUT2D eigenvalue weighted by atomic mass is 9.81. The van der Waals surface area contributed by atoms with E-state index in [1.54, 1.807) is 7.11 Å². The molecule has 0 fully saturated rings. The van der Waals surface area contributed by atoms with Crippen LogP contribution in [-0.4, -0.2) is 28.8 Å². The van der Waals surface area contributed by atoms with E-state index in [1.807, 2.05) is 161 Å². The first kappa shape index (κ1) is 31.5. The topological polar surface area (TPSA) is 17.2 Å². The number of ether oxygens (including phenoxy) is 1. The average molecular weight is 659 g/mol. The summed E-state index contributed by atoms with van der Waals surface area (Å²) in [4.78, 5) is 0. The van der Waals surface area contributed by atoms with Crippen LogP contribution in [0.3, 0.4) is 0 Å². The molecule has 3 nitrogen and oxygen atoms in total. The Morgan fingerprint density at radius 1 is 0.580 bits per heavy atom. The van der Waals surface area contributed by atoms with Crippen molar-refractivity contribution in [1.82, 2.24) is 4.48 Å². The molecule has 0 spiro atoms. The number of hydrogen-bond donors (Lipinski definition) is 0. The Kier molecular flexibility index (Phi) is 7.56. The molecule has 3 heterocycles. The van der Waals surface area contributed by atoms with E-state index in [-0.39, 0.29) is 0 Å². The quantitative estimate of drug-likeness (QED) is 0.163. The van der Waals surface area contributed by atoms with E-state index in [0.717, 1.165) is 61.2 Å². The van der Waals surface area contributed by atoms with Crippen LogP contribution in [0.2, 0.25) is 0 Å². The molecule has 0 bridgehead atoms. The van der Waals surface area contributed by atoms with Gasteiger partial charge in [0.1, 0.15) is 5.75 Å². The molecule has 50 heavy (non-hydrogen) atoms. The molecule has 2 aliphatic heterocycles. The zero-order valence-corrected chi connectivity index (χ0v) is 28.8. The number of allylic oxidation sites excluding steroid dienone is 2. The van der Waals surface area contributed by atoms with E-state index in [1.165, 1.54) is 8.96 Å². The second-order valence-corrected chi connectivity index (χ2v) is 13.5. The number of hydrogen-bond acceptors (Lipinski definition) is 1. The number of aryl methyl sites for hydroxylation is 4. The number of methoxy groups -OCH3 is 1. The van der Waals surface area contributed by atoms with E-state index in [9.17, 15) is 0 Å². The molecule has 8 rings (SSSR count). The third-order valence-corrected chi connectivity index (χ3v) is 9.96. The van der Waals surface area contributed by atoms with Crippen molar-refractivity contribution in [2.45, 2.75) is 27.7 Å². The number of rotatable bonds is 6. The van der Waals surface area contributed by atoms with E-state index < -0.39 is 6.97 Å². The molecule has 1 aromatic heterocycles. The standard InChI is InChI=1S/C44H37BF2N2O/c1-28-10-18-32(19-11-28)37-26-39(34-22-14-30(3)15-23-34)48-43(37)42(36-8-6-7-9-41(36)50-5)44-38(33-20-12-29(2)13-21-33)27-40(49(44)45(48,46)47)35-24-16-31(4)17-25-35/h6-27H,1-5H3. The Hall–Kier alpha value is -5.75. The number of halogens is 2. The van der Waals surface area contributed by atoms with Gasteiger partial charge < -0.3 is 22.3 Å². The molecule has 6 aromatic rings. The molecule has 0 aliphatic carbocycles. The van der Waals surface area contributed by atoms with Gasteiger partial charge in [0.05, 0.1) is 18.3 Å². The SMILES string of the molecule is COc1ccccc1C1=C2C(c3ccc(C)cc3)=CC(c3ccc(C)cc3)=[N+]2[B-](F)(F)n2c(-c3ccc(C)cc3)cc(-c3ccc(C)cc3)c21. The first-order valence-electron chi connectivity index (χ1n) is 17.0. The molecule has 6 heteroatoms. The molecule has 0 atom stereocenters. The number of nitrogens with zero attached hydrogens (tertiary/aromatic N) is 2. The van der Waals surface area contributed by atoms with E-state index >= 15 is 8.63 Å². The maximum Gasteiger partial charge on any atom is 0.737 e. The highest BCUT2D eigenvalue weighted by Gasteiger charge is 2.57. The van der Waals surface area contributed by atoms with Gasteiger partial charge in [-0.1, -0.05) is 125 Å². The van der Waals surface area contributed by atoms with Crippen LogP contribution in [0.15, 0.2) is 139 Å². The third kappa shape index (κ3) is 5.06. The summed E-state index contributed by atoms with van der Waals surface area (Å²) < 4.78 is 45.1. The van der Waals surface area contributed by atoms with Crippen molar-refractivity contribution in [2.75, 3.05) is 7.11 Å². The van der Waals surface area contributed by atoms with Gasteiger partial charge in [-0.25, -0.2) is 0 Å². The number of fused-ring (bicyclic) bond motifs is 2. The average Bonchev–Trinajstić information content (AvgIpc) is 3.72. The fourth-order valence-corrected chi connectivity index (χ4v) is 7.34. The van der Waals surface area contributed by atoms with Gasteiger partial charge in [-0.3, -0.25) is 0 Å². The van der Waals surface area contributed by atoms with Crippen LogP contribution in [0.1, 0.15) is 44.6 Å². The fourth-order valence-electron chi connectivity index (χ4n) is 7.34. The third-order valence-electron chi connectivity index (χ3n) is 9.96. The number of para-hydroxylation sites is 1. The van der Waals surface area contributed by atoms with Crippen molar-refractivity contribution >= 4 is 23.8 Å². The first-order valence-corrected chi connectivity index (χ1v) is 17.0. The molecule has 5 aromatic carbocycles. The highest BCUT2D eigenvalue weighted by Crippen LogP contribution is 2.52. The minimum Gasteiger partial charge on any atom is -0.496 e. The summed E-state index contributed by atoms with van der Waals surface area (Å²) in [5, 5.41) is 0. The highest BCUT2D eigenvalue weighted by atomic mass is 19.2. The smallest absolute Gasteiger partial charge is 0.496 e. The van der Waals surface area contributed by atoms with Crippen LogP contribution in [0.4, 0.5) is 8.63 Å². The van der Waals surface area contributed by atoms with Gasteiger partial charge in [0.15, 0.2) is 11.4 Å². The zero-order chi connectivity index (χ0) is 34.7. The molecular weight excluding hydrogens is 621 g/mol. The second-order valence-electron chi connectivity index (χ2n) is 13.5. The predicted octanol–water partition coefficient (Wildman–Crippen LogP) is 10.7. The minimum atomic E-state index is -4.45. The van der Waals surface area contributed by atoms with E-state index in [2.05, 4.69) is 0 Å². The molecule has 0 saturated heterocycles. The monoisotopic (exact) mass is 658 g/mol. The lowest BCUT2D eigenvalue weighted by molar-refractivity contribution is -0.359. The predicted molar refractivity (Wildman–Crippen MR) is 202 cm³/mol. The van der Waals surface area contributed by atoms with Crippen LogP contribution in [0.25, 0.3) is 33.5 Å². The summed E-state index contributed by atoms with van der Waals surface area (Å²) in [5.74, 6) is 0.610. The Bertz CT molecular complexity index is 2380. The summed E-state index contributed by atoms with van der Waals surface area (Å²) in [6, 6.07) is 41.6. The molecule has 0 saturated carbocycles. The lowest BCUT2D eigenvalue weighted by Gasteiger charge is -2.35. The molecule has 0 unspecified atom stereocenters. The summed E-state index contributed by atoms with van der Waals surface area (Å²) in [6.45, 7) is 3.64. The normalized spacial score (nSPS) is 14.8. The molecule has 0 N–H and O–H groups in total. The number of benzene rings is 5. The zero-order valence-electron chi connectivity index (χ0n) is 28.8. The summed E-state index contributed by atoms with van der Waals surface area (Å²) in [6.07, 6.45) is 1.94.